The lowest BCUT2D eigenvalue weighted by Gasteiger charge is -2.07. The summed E-state index contributed by atoms with van der Waals surface area (Å²) in [6, 6.07) is 15.5. The summed E-state index contributed by atoms with van der Waals surface area (Å²) < 4.78 is 0.859. The zero-order valence-corrected chi connectivity index (χ0v) is 13.8. The Balaban J connectivity index is 1.76. The first kappa shape index (κ1) is 16.9. The lowest BCUT2D eigenvalue weighted by Crippen LogP contribution is -2.41. The normalized spacial score (nSPS) is 9.96. The topological polar surface area (TPSA) is 75.3 Å². The lowest BCUT2D eigenvalue weighted by molar-refractivity contribution is -0.121. The summed E-state index contributed by atoms with van der Waals surface area (Å²) in [5.74, 6) is -0.944. The number of hydrogen-bond acceptors (Lipinski definition) is 3. The largest absolute Gasteiger partial charge is 0.294 e. The number of ketones is 1. The van der Waals surface area contributed by atoms with E-state index in [1.54, 1.807) is 48.5 Å². The number of nitrogens with one attached hydrogen (secondary N) is 2. The Morgan fingerprint density at radius 2 is 1.43 bits per heavy atom. The van der Waals surface area contributed by atoms with Crippen molar-refractivity contribution in [3.05, 3.63) is 70.2 Å². The van der Waals surface area contributed by atoms with Crippen LogP contribution in [0.15, 0.2) is 59.1 Å². The van der Waals surface area contributed by atoms with E-state index in [1.807, 2.05) is 6.07 Å². The Labute approximate surface area is 142 Å². The molecule has 118 valence electrons. The van der Waals surface area contributed by atoms with E-state index in [9.17, 15) is 14.4 Å². The van der Waals surface area contributed by atoms with Gasteiger partial charge in [0.1, 0.15) is 0 Å². The summed E-state index contributed by atoms with van der Waals surface area (Å²) in [4.78, 5) is 35.4. The van der Waals surface area contributed by atoms with Crippen LogP contribution in [0.25, 0.3) is 0 Å². The summed E-state index contributed by atoms with van der Waals surface area (Å²) >= 11 is 3.28. The number of amides is 2. The molecule has 0 radical (unpaired) electrons. The van der Waals surface area contributed by atoms with Gasteiger partial charge in [-0.25, -0.2) is 0 Å². The van der Waals surface area contributed by atoms with Gasteiger partial charge in [-0.05, 0) is 24.3 Å². The minimum Gasteiger partial charge on any atom is -0.294 e. The van der Waals surface area contributed by atoms with Crippen molar-refractivity contribution in [3.63, 3.8) is 0 Å². The number of benzene rings is 2. The Hall–Kier alpha value is -2.47. The second-order valence-corrected chi connectivity index (χ2v) is 5.71. The molecule has 0 aliphatic heterocycles. The van der Waals surface area contributed by atoms with Crippen LogP contribution >= 0.6 is 15.9 Å². The summed E-state index contributed by atoms with van der Waals surface area (Å²) in [6.45, 7) is 0. The van der Waals surface area contributed by atoms with Crippen LogP contribution in [-0.2, 0) is 4.79 Å². The number of carbonyl (C=O) groups excluding carboxylic acids is 3. The smallest absolute Gasteiger partial charge is 0.269 e. The van der Waals surface area contributed by atoms with E-state index in [1.165, 1.54) is 0 Å². The van der Waals surface area contributed by atoms with Crippen molar-refractivity contribution in [2.45, 2.75) is 12.8 Å². The molecule has 2 rings (SSSR count). The number of carbonyl (C=O) groups is 3. The van der Waals surface area contributed by atoms with E-state index in [0.29, 0.717) is 11.1 Å². The van der Waals surface area contributed by atoms with Gasteiger partial charge in [0.15, 0.2) is 5.78 Å². The third-order valence-electron chi connectivity index (χ3n) is 3.10. The maximum atomic E-state index is 11.9. The van der Waals surface area contributed by atoms with Gasteiger partial charge >= 0.3 is 0 Å². The minimum atomic E-state index is -0.417. The third kappa shape index (κ3) is 5.34. The maximum absolute atomic E-state index is 11.9. The molecule has 0 bridgehead atoms. The fraction of sp³-hybridized carbons (Fsp3) is 0.118. The second kappa shape index (κ2) is 8.24. The monoisotopic (exact) mass is 374 g/mol. The van der Waals surface area contributed by atoms with Crippen molar-refractivity contribution in [1.82, 2.24) is 10.9 Å². The Bertz CT molecular complexity index is 700. The van der Waals surface area contributed by atoms with Crippen LogP contribution in [0.4, 0.5) is 0 Å². The van der Waals surface area contributed by atoms with E-state index in [2.05, 4.69) is 26.8 Å². The van der Waals surface area contributed by atoms with Crippen molar-refractivity contribution in [2.75, 3.05) is 0 Å². The molecule has 6 heteroatoms. The summed E-state index contributed by atoms with van der Waals surface area (Å²) in [7, 11) is 0. The zero-order chi connectivity index (χ0) is 16.7. The molecular weight excluding hydrogens is 360 g/mol. The number of rotatable bonds is 5. The van der Waals surface area contributed by atoms with Crippen LogP contribution in [0.2, 0.25) is 0 Å². The summed E-state index contributed by atoms with van der Waals surface area (Å²) in [5.41, 5.74) is 5.61. The van der Waals surface area contributed by atoms with Gasteiger partial charge in [0.2, 0.25) is 5.91 Å². The van der Waals surface area contributed by atoms with Crippen LogP contribution in [0.1, 0.15) is 33.6 Å². The highest BCUT2D eigenvalue weighted by Gasteiger charge is 2.10. The Morgan fingerprint density at radius 1 is 0.783 bits per heavy atom. The molecule has 0 fully saturated rings. The quantitative estimate of drug-likeness (QED) is 0.623. The van der Waals surface area contributed by atoms with E-state index in [-0.39, 0.29) is 18.6 Å². The molecule has 0 atom stereocenters. The van der Waals surface area contributed by atoms with Crippen molar-refractivity contribution >= 4 is 33.5 Å². The van der Waals surface area contributed by atoms with Crippen molar-refractivity contribution < 1.29 is 14.4 Å². The van der Waals surface area contributed by atoms with Gasteiger partial charge in [-0.1, -0.05) is 46.3 Å². The molecule has 0 aliphatic rings. The summed E-state index contributed by atoms with van der Waals surface area (Å²) in [5, 5.41) is 0. The van der Waals surface area contributed by atoms with Gasteiger partial charge in [0.05, 0.1) is 0 Å². The average molecular weight is 375 g/mol. The van der Waals surface area contributed by atoms with Crippen LogP contribution in [0.5, 0.6) is 0 Å². The maximum Gasteiger partial charge on any atom is 0.269 e. The third-order valence-corrected chi connectivity index (χ3v) is 3.63. The van der Waals surface area contributed by atoms with Crippen LogP contribution in [-0.4, -0.2) is 17.6 Å². The Morgan fingerprint density at radius 3 is 2.09 bits per heavy atom. The predicted octanol–water partition coefficient (Wildman–Crippen LogP) is 2.87. The van der Waals surface area contributed by atoms with Crippen LogP contribution in [0.3, 0.4) is 0 Å². The first-order valence-electron chi connectivity index (χ1n) is 6.99. The van der Waals surface area contributed by atoms with Gasteiger partial charge in [-0.15, -0.1) is 0 Å². The van der Waals surface area contributed by atoms with Gasteiger partial charge in [-0.3, -0.25) is 25.2 Å². The van der Waals surface area contributed by atoms with E-state index < -0.39 is 11.8 Å². The highest BCUT2D eigenvalue weighted by Crippen LogP contribution is 2.10. The average Bonchev–Trinajstić information content (AvgIpc) is 2.59. The highest BCUT2D eigenvalue weighted by atomic mass is 79.9. The molecule has 2 N–H and O–H groups in total. The van der Waals surface area contributed by atoms with Gasteiger partial charge < -0.3 is 0 Å². The van der Waals surface area contributed by atoms with Crippen molar-refractivity contribution in [2.24, 2.45) is 0 Å². The molecule has 2 amide bonds. The Kier molecular flexibility index (Phi) is 6.05. The highest BCUT2D eigenvalue weighted by molar-refractivity contribution is 9.10. The number of hydrazine groups is 1. The first-order chi connectivity index (χ1) is 11.1. The minimum absolute atomic E-state index is 0.00828. The number of halogens is 1. The standard InChI is InChI=1S/C17H15BrN2O3/c18-14-8-6-13(7-9-14)17(23)20-19-16(22)11-10-15(21)12-4-2-1-3-5-12/h1-9H,10-11H2,(H,19,22)(H,20,23). The van der Waals surface area contributed by atoms with E-state index in [4.69, 9.17) is 0 Å². The molecule has 5 nitrogen and oxygen atoms in total. The SMILES string of the molecule is O=C(CCC(=O)c1ccccc1)NNC(=O)c1ccc(Br)cc1. The second-order valence-electron chi connectivity index (χ2n) is 4.80. The summed E-state index contributed by atoms with van der Waals surface area (Å²) in [6.07, 6.45) is 0.0956. The van der Waals surface area contributed by atoms with Crippen molar-refractivity contribution in [1.29, 1.82) is 0 Å². The molecule has 2 aromatic rings. The molecule has 0 spiro atoms. The fourth-order valence-electron chi connectivity index (χ4n) is 1.86. The molecule has 23 heavy (non-hydrogen) atoms. The van der Waals surface area contributed by atoms with Gasteiger partial charge in [0, 0.05) is 28.4 Å². The van der Waals surface area contributed by atoms with Crippen molar-refractivity contribution in [3.8, 4) is 0 Å². The first-order valence-corrected chi connectivity index (χ1v) is 7.78. The van der Waals surface area contributed by atoms with Gasteiger partial charge in [0.25, 0.3) is 5.91 Å². The lowest BCUT2D eigenvalue weighted by atomic mass is 10.1. The molecule has 0 aromatic heterocycles. The molecule has 2 aromatic carbocycles. The van der Waals surface area contributed by atoms with E-state index >= 15 is 0 Å². The molecule has 0 heterocycles. The molecule has 0 saturated carbocycles. The zero-order valence-electron chi connectivity index (χ0n) is 12.2. The molecule has 0 aliphatic carbocycles. The van der Waals surface area contributed by atoms with Crippen LogP contribution < -0.4 is 10.9 Å². The van der Waals surface area contributed by atoms with Crippen LogP contribution in [0, 0.1) is 0 Å². The number of Topliss-reactive ketones (excluding diaryl/α,β-unsaturated/α-hetero) is 1. The van der Waals surface area contributed by atoms with Gasteiger partial charge in [-0.2, -0.15) is 0 Å². The predicted molar refractivity (Wildman–Crippen MR) is 89.8 cm³/mol. The van der Waals surface area contributed by atoms with E-state index in [0.717, 1.165) is 4.47 Å². The molecule has 0 unspecified atom stereocenters. The fourth-order valence-corrected chi connectivity index (χ4v) is 2.12. The number of hydrogen-bond donors (Lipinski definition) is 2. The molecular formula is C17H15BrN2O3. The molecule has 0 saturated heterocycles.